The van der Waals surface area contributed by atoms with Gasteiger partial charge in [0.1, 0.15) is 5.82 Å². The second-order valence-electron chi connectivity index (χ2n) is 7.27. The summed E-state index contributed by atoms with van der Waals surface area (Å²) >= 11 is 1.10. The molecule has 0 radical (unpaired) electrons. The van der Waals surface area contributed by atoms with Crippen LogP contribution in [0.15, 0.2) is 0 Å². The molecule has 0 spiro atoms. The number of amides is 2. The molecule has 0 saturated carbocycles. The van der Waals surface area contributed by atoms with Crippen LogP contribution in [-0.2, 0) is 15.0 Å². The Balaban J connectivity index is 1.99. The zero-order valence-corrected chi connectivity index (χ0v) is 14.0. The minimum Gasteiger partial charge on any atom is -0.334 e. The van der Waals surface area contributed by atoms with Crippen molar-refractivity contribution in [1.82, 2.24) is 14.3 Å². The van der Waals surface area contributed by atoms with E-state index in [1.54, 1.807) is 4.90 Å². The Morgan fingerprint density at radius 1 is 1.33 bits per heavy atom. The molecular formula is C14H22N4O2S. The highest BCUT2D eigenvalue weighted by Gasteiger charge is 2.35. The number of nitrogens with one attached hydrogen (secondary N) is 1. The Morgan fingerprint density at radius 2 is 2.00 bits per heavy atom. The molecule has 0 atom stereocenters. The molecule has 2 heterocycles. The zero-order chi connectivity index (χ0) is 15.8. The van der Waals surface area contributed by atoms with Crippen molar-refractivity contribution in [2.24, 2.45) is 5.41 Å². The lowest BCUT2D eigenvalue weighted by Gasteiger charge is -2.18. The molecule has 1 fully saturated rings. The van der Waals surface area contributed by atoms with Crippen molar-refractivity contribution >= 4 is 28.5 Å². The smallest absolute Gasteiger partial charge is 0.315 e. The summed E-state index contributed by atoms with van der Waals surface area (Å²) in [5.41, 5.74) is -0.0967. The van der Waals surface area contributed by atoms with E-state index in [4.69, 9.17) is 0 Å². The summed E-state index contributed by atoms with van der Waals surface area (Å²) < 4.78 is 4.21. The van der Waals surface area contributed by atoms with Gasteiger partial charge in [-0.25, -0.2) is 4.98 Å². The van der Waals surface area contributed by atoms with Crippen molar-refractivity contribution in [3.63, 3.8) is 0 Å². The summed E-state index contributed by atoms with van der Waals surface area (Å²) in [7, 11) is 0. The number of anilines is 1. The first-order valence-corrected chi connectivity index (χ1v) is 7.80. The third kappa shape index (κ3) is 3.78. The lowest BCUT2D eigenvalue weighted by atomic mass is 9.93. The Labute approximate surface area is 129 Å². The van der Waals surface area contributed by atoms with Gasteiger partial charge in [-0.05, 0) is 11.8 Å². The average Bonchev–Trinajstić information content (AvgIpc) is 2.94. The molecule has 0 bridgehead atoms. The molecule has 116 valence electrons. The summed E-state index contributed by atoms with van der Waals surface area (Å²) in [6.45, 7) is 11.4. The maximum Gasteiger partial charge on any atom is 0.315 e. The molecule has 21 heavy (non-hydrogen) atoms. The first-order chi connectivity index (χ1) is 9.58. The Hall–Kier alpha value is -1.50. The second kappa shape index (κ2) is 5.36. The predicted molar refractivity (Wildman–Crippen MR) is 82.2 cm³/mol. The van der Waals surface area contributed by atoms with E-state index >= 15 is 0 Å². The van der Waals surface area contributed by atoms with Gasteiger partial charge in [-0.1, -0.05) is 34.6 Å². The Bertz CT molecular complexity index is 560. The van der Waals surface area contributed by atoms with Crippen LogP contribution in [0.5, 0.6) is 0 Å². The van der Waals surface area contributed by atoms with Crippen LogP contribution in [0.1, 0.15) is 46.9 Å². The van der Waals surface area contributed by atoms with Crippen LogP contribution in [0.2, 0.25) is 0 Å². The Kier molecular flexibility index (Phi) is 4.06. The fraction of sp³-hybridized carbons (Fsp3) is 0.714. The minimum atomic E-state index is -0.635. The SMILES string of the molecule is CC1(C)CCN(C(=O)C(=O)Nc2nc(C(C)(C)C)ns2)C1. The van der Waals surface area contributed by atoms with Gasteiger partial charge in [0, 0.05) is 30.0 Å². The lowest BCUT2D eigenvalue weighted by Crippen LogP contribution is -2.39. The van der Waals surface area contributed by atoms with Gasteiger partial charge in [-0.2, -0.15) is 4.37 Å². The molecule has 1 aliphatic heterocycles. The number of carbonyl (C=O) groups is 2. The molecule has 1 aromatic heterocycles. The first-order valence-electron chi connectivity index (χ1n) is 7.03. The van der Waals surface area contributed by atoms with E-state index in [1.807, 2.05) is 20.8 Å². The maximum atomic E-state index is 12.1. The summed E-state index contributed by atoms with van der Waals surface area (Å²) in [5.74, 6) is -0.463. The standard InChI is InChI=1S/C14H22N4O2S/c1-13(2,3)11-16-12(21-17-11)15-9(19)10(20)18-7-6-14(4,5)8-18/h6-8H2,1-5H3,(H,15,16,17,19). The van der Waals surface area contributed by atoms with E-state index in [9.17, 15) is 9.59 Å². The molecule has 1 N–H and O–H groups in total. The van der Waals surface area contributed by atoms with Crippen molar-refractivity contribution in [3.05, 3.63) is 5.82 Å². The number of hydrogen-bond acceptors (Lipinski definition) is 5. The molecule has 6 nitrogen and oxygen atoms in total. The first kappa shape index (κ1) is 15.9. The molecular weight excluding hydrogens is 288 g/mol. The van der Waals surface area contributed by atoms with Crippen LogP contribution in [0.25, 0.3) is 0 Å². The molecule has 1 aliphatic rings. The molecule has 7 heteroatoms. The van der Waals surface area contributed by atoms with Gasteiger partial charge in [0.05, 0.1) is 0 Å². The van der Waals surface area contributed by atoms with Gasteiger partial charge in [-0.15, -0.1) is 0 Å². The monoisotopic (exact) mass is 310 g/mol. The number of rotatable bonds is 1. The van der Waals surface area contributed by atoms with Crippen molar-refractivity contribution < 1.29 is 9.59 Å². The highest BCUT2D eigenvalue weighted by Crippen LogP contribution is 2.29. The van der Waals surface area contributed by atoms with Gasteiger partial charge in [0.15, 0.2) is 0 Å². The van der Waals surface area contributed by atoms with Crippen LogP contribution in [0, 0.1) is 5.41 Å². The van der Waals surface area contributed by atoms with Gasteiger partial charge in [0.25, 0.3) is 0 Å². The molecule has 2 amide bonds. The van der Waals surface area contributed by atoms with Gasteiger partial charge < -0.3 is 4.90 Å². The van der Waals surface area contributed by atoms with Crippen molar-refractivity contribution in [1.29, 1.82) is 0 Å². The predicted octanol–water partition coefficient (Wildman–Crippen LogP) is 2.03. The number of nitrogens with zero attached hydrogens (tertiary/aromatic N) is 3. The van der Waals surface area contributed by atoms with E-state index in [0.29, 0.717) is 24.0 Å². The quantitative estimate of drug-likeness (QED) is 0.805. The number of carbonyl (C=O) groups excluding carboxylic acids is 2. The van der Waals surface area contributed by atoms with Crippen LogP contribution in [0.4, 0.5) is 5.13 Å². The Morgan fingerprint density at radius 3 is 2.48 bits per heavy atom. The molecule has 0 unspecified atom stereocenters. The second-order valence-corrected chi connectivity index (χ2v) is 8.02. The number of hydrogen-bond donors (Lipinski definition) is 1. The molecule has 1 aromatic rings. The van der Waals surface area contributed by atoms with Crippen LogP contribution < -0.4 is 5.32 Å². The van der Waals surface area contributed by atoms with E-state index in [2.05, 4.69) is 28.5 Å². The normalized spacial score (nSPS) is 17.9. The third-order valence-electron chi connectivity index (χ3n) is 3.48. The summed E-state index contributed by atoms with van der Waals surface area (Å²) in [6, 6.07) is 0. The fourth-order valence-electron chi connectivity index (χ4n) is 2.16. The number of aromatic nitrogens is 2. The van der Waals surface area contributed by atoms with Crippen molar-refractivity contribution in [2.75, 3.05) is 18.4 Å². The number of likely N-dealkylation sites (tertiary alicyclic amines) is 1. The van der Waals surface area contributed by atoms with E-state index in [-0.39, 0.29) is 10.8 Å². The molecule has 0 aliphatic carbocycles. The summed E-state index contributed by atoms with van der Waals surface area (Å²) in [4.78, 5) is 30.0. The fourth-order valence-corrected chi connectivity index (χ4v) is 2.91. The average molecular weight is 310 g/mol. The van der Waals surface area contributed by atoms with Gasteiger partial charge in [-0.3, -0.25) is 14.9 Å². The third-order valence-corrected chi connectivity index (χ3v) is 4.11. The molecule has 2 rings (SSSR count). The van der Waals surface area contributed by atoms with Crippen LogP contribution in [0.3, 0.4) is 0 Å². The van der Waals surface area contributed by atoms with Crippen molar-refractivity contribution in [2.45, 2.75) is 46.5 Å². The highest BCUT2D eigenvalue weighted by molar-refractivity contribution is 7.10. The van der Waals surface area contributed by atoms with Gasteiger partial charge >= 0.3 is 11.8 Å². The minimum absolute atomic E-state index is 0.0814. The summed E-state index contributed by atoms with van der Waals surface area (Å²) in [6.07, 6.45) is 0.916. The van der Waals surface area contributed by atoms with Crippen molar-refractivity contribution in [3.8, 4) is 0 Å². The van der Waals surface area contributed by atoms with E-state index in [1.165, 1.54) is 0 Å². The molecule has 1 saturated heterocycles. The lowest BCUT2D eigenvalue weighted by molar-refractivity contribution is -0.142. The van der Waals surface area contributed by atoms with Gasteiger partial charge in [0.2, 0.25) is 5.13 Å². The zero-order valence-electron chi connectivity index (χ0n) is 13.2. The largest absolute Gasteiger partial charge is 0.334 e. The topological polar surface area (TPSA) is 75.2 Å². The molecule has 0 aromatic carbocycles. The maximum absolute atomic E-state index is 12.1. The highest BCUT2D eigenvalue weighted by atomic mass is 32.1. The van der Waals surface area contributed by atoms with E-state index < -0.39 is 11.8 Å². The van der Waals surface area contributed by atoms with Crippen LogP contribution in [-0.4, -0.2) is 39.2 Å². The summed E-state index contributed by atoms with van der Waals surface area (Å²) in [5, 5.41) is 2.93. The van der Waals surface area contributed by atoms with E-state index in [0.717, 1.165) is 18.0 Å². The van der Waals surface area contributed by atoms with Crippen LogP contribution >= 0.6 is 11.5 Å².